The van der Waals surface area contributed by atoms with Crippen LogP contribution < -0.4 is 0 Å². The first-order chi connectivity index (χ1) is 9.20. The molecule has 3 atom stereocenters. The minimum Gasteiger partial charge on any atom is -0.469 e. The quantitative estimate of drug-likeness (QED) is 0.828. The zero-order valence-corrected chi connectivity index (χ0v) is 11.1. The number of hydrogen-bond acceptors (Lipinski definition) is 4. The van der Waals surface area contributed by atoms with Gasteiger partial charge in [0, 0.05) is 12.8 Å². The zero-order chi connectivity index (χ0) is 13.7. The summed E-state index contributed by atoms with van der Waals surface area (Å²) in [5.41, 5.74) is 1.09. The van der Waals surface area contributed by atoms with Gasteiger partial charge < -0.3 is 14.6 Å². The van der Waals surface area contributed by atoms with Crippen LogP contribution in [0.1, 0.15) is 37.4 Å². The second kappa shape index (κ2) is 6.68. The molecule has 0 spiro atoms. The molecule has 1 aromatic carbocycles. The van der Waals surface area contributed by atoms with Gasteiger partial charge in [0.15, 0.2) is 0 Å². The first-order valence-corrected chi connectivity index (χ1v) is 6.66. The average Bonchev–Trinajstić information content (AvgIpc) is 2.81. The molecule has 1 fully saturated rings. The average molecular weight is 264 g/mol. The van der Waals surface area contributed by atoms with E-state index in [1.165, 1.54) is 7.11 Å². The van der Waals surface area contributed by atoms with Gasteiger partial charge in [-0.15, -0.1) is 0 Å². The molecule has 2 rings (SSSR count). The van der Waals surface area contributed by atoms with Crippen LogP contribution in [0.4, 0.5) is 0 Å². The predicted octanol–water partition coefficient (Wildman–Crippen LogP) is 2.22. The van der Waals surface area contributed by atoms with Gasteiger partial charge in [-0.1, -0.05) is 30.3 Å². The Labute approximate surface area is 113 Å². The van der Waals surface area contributed by atoms with Crippen LogP contribution in [-0.4, -0.2) is 30.4 Å². The minimum atomic E-state index is -0.456. The summed E-state index contributed by atoms with van der Waals surface area (Å²) in [5.74, 6) is -0.216. The lowest BCUT2D eigenvalue weighted by Crippen LogP contribution is -2.20. The molecule has 0 amide bonds. The fourth-order valence-corrected chi connectivity index (χ4v) is 2.42. The van der Waals surface area contributed by atoms with Crippen LogP contribution in [0.15, 0.2) is 30.3 Å². The maximum atomic E-state index is 11.0. The normalized spacial score (nSPS) is 26.3. The highest BCUT2D eigenvalue weighted by Crippen LogP contribution is 2.34. The molecule has 0 saturated carbocycles. The fourth-order valence-electron chi connectivity index (χ4n) is 2.42. The number of hydrogen-bond donors (Lipinski definition) is 1. The van der Waals surface area contributed by atoms with Gasteiger partial charge in [-0.2, -0.15) is 0 Å². The van der Waals surface area contributed by atoms with Gasteiger partial charge in [0.25, 0.3) is 0 Å². The molecule has 4 heteroatoms. The van der Waals surface area contributed by atoms with Gasteiger partial charge in [-0.05, 0) is 18.4 Å². The van der Waals surface area contributed by atoms with E-state index < -0.39 is 6.10 Å². The highest BCUT2D eigenvalue weighted by molar-refractivity contribution is 5.68. The topological polar surface area (TPSA) is 55.8 Å². The van der Waals surface area contributed by atoms with E-state index in [1.54, 1.807) is 0 Å². The molecule has 1 N–H and O–H groups in total. The Bertz CT molecular complexity index is 404. The summed E-state index contributed by atoms with van der Waals surface area (Å²) in [5, 5.41) is 10.0. The second-order valence-electron chi connectivity index (χ2n) is 4.85. The number of aliphatic hydroxyl groups excluding tert-OH is 1. The lowest BCUT2D eigenvalue weighted by molar-refractivity contribution is -0.140. The SMILES string of the molecule is COC(=O)CCC[C@@H]1O[C@@H](c2ccccc2)C[C@H]1O. The number of esters is 1. The van der Waals surface area contributed by atoms with Crippen LogP contribution in [0.2, 0.25) is 0 Å². The fraction of sp³-hybridized carbons (Fsp3) is 0.533. The zero-order valence-electron chi connectivity index (χ0n) is 11.1. The lowest BCUT2D eigenvalue weighted by atomic mass is 10.0. The van der Waals surface area contributed by atoms with Crippen molar-refractivity contribution in [1.82, 2.24) is 0 Å². The Morgan fingerprint density at radius 3 is 2.84 bits per heavy atom. The first-order valence-electron chi connectivity index (χ1n) is 6.66. The molecular weight excluding hydrogens is 244 g/mol. The molecule has 1 heterocycles. The van der Waals surface area contributed by atoms with Gasteiger partial charge in [0.05, 0.1) is 25.4 Å². The molecular formula is C15H20O4. The minimum absolute atomic E-state index is 0.0423. The molecule has 1 aromatic rings. The predicted molar refractivity (Wildman–Crippen MR) is 70.5 cm³/mol. The third-order valence-electron chi connectivity index (χ3n) is 3.49. The van der Waals surface area contributed by atoms with Gasteiger partial charge >= 0.3 is 5.97 Å². The van der Waals surface area contributed by atoms with E-state index in [0.717, 1.165) is 5.56 Å². The van der Waals surface area contributed by atoms with Crippen molar-refractivity contribution in [1.29, 1.82) is 0 Å². The number of carbonyl (C=O) groups is 1. The smallest absolute Gasteiger partial charge is 0.305 e. The maximum absolute atomic E-state index is 11.0. The molecule has 104 valence electrons. The largest absolute Gasteiger partial charge is 0.469 e. The first kappa shape index (κ1) is 14.0. The summed E-state index contributed by atoms with van der Waals surface area (Å²) < 4.78 is 10.5. The van der Waals surface area contributed by atoms with Crippen molar-refractivity contribution in [2.75, 3.05) is 7.11 Å². The lowest BCUT2D eigenvalue weighted by Gasteiger charge is -2.14. The Morgan fingerprint density at radius 1 is 1.42 bits per heavy atom. The summed E-state index contributed by atoms with van der Waals surface area (Å²) in [6.07, 6.45) is 1.67. The van der Waals surface area contributed by atoms with Crippen LogP contribution in [0.3, 0.4) is 0 Å². The Balaban J connectivity index is 1.83. The molecule has 1 saturated heterocycles. The summed E-state index contributed by atoms with van der Waals surface area (Å²) in [7, 11) is 1.38. The number of rotatable bonds is 5. The third kappa shape index (κ3) is 3.78. The van der Waals surface area contributed by atoms with Gasteiger partial charge in [0.2, 0.25) is 0 Å². The van der Waals surface area contributed by atoms with E-state index in [9.17, 15) is 9.90 Å². The van der Waals surface area contributed by atoms with Crippen molar-refractivity contribution in [2.45, 2.75) is 44.0 Å². The van der Waals surface area contributed by atoms with Crippen molar-refractivity contribution >= 4 is 5.97 Å². The summed E-state index contributed by atoms with van der Waals surface area (Å²) in [6.45, 7) is 0. The van der Waals surface area contributed by atoms with Crippen molar-refractivity contribution in [2.24, 2.45) is 0 Å². The summed E-state index contributed by atoms with van der Waals surface area (Å²) >= 11 is 0. The van der Waals surface area contributed by atoms with Crippen molar-refractivity contribution in [3.63, 3.8) is 0 Å². The summed E-state index contributed by atoms with van der Waals surface area (Å²) in [6, 6.07) is 9.91. The molecule has 1 aliphatic heterocycles. The van der Waals surface area contributed by atoms with Crippen LogP contribution in [0.5, 0.6) is 0 Å². The highest BCUT2D eigenvalue weighted by atomic mass is 16.5. The number of ether oxygens (including phenoxy) is 2. The molecule has 19 heavy (non-hydrogen) atoms. The van der Waals surface area contributed by atoms with E-state index in [-0.39, 0.29) is 18.2 Å². The molecule has 1 aliphatic rings. The van der Waals surface area contributed by atoms with Gasteiger partial charge in [0.1, 0.15) is 0 Å². The van der Waals surface area contributed by atoms with Crippen LogP contribution in [-0.2, 0) is 14.3 Å². The number of carbonyl (C=O) groups excluding carboxylic acids is 1. The molecule has 0 radical (unpaired) electrons. The molecule has 0 bridgehead atoms. The third-order valence-corrected chi connectivity index (χ3v) is 3.49. The van der Waals surface area contributed by atoms with E-state index in [0.29, 0.717) is 25.7 Å². The van der Waals surface area contributed by atoms with Crippen LogP contribution >= 0.6 is 0 Å². The van der Waals surface area contributed by atoms with Gasteiger partial charge in [-0.3, -0.25) is 4.79 Å². The number of methoxy groups -OCH3 is 1. The molecule has 0 aliphatic carbocycles. The number of aliphatic hydroxyl groups is 1. The maximum Gasteiger partial charge on any atom is 0.305 e. The summed E-state index contributed by atoms with van der Waals surface area (Å²) in [4.78, 5) is 11.0. The van der Waals surface area contributed by atoms with E-state index in [4.69, 9.17) is 4.74 Å². The molecule has 0 aromatic heterocycles. The molecule has 0 unspecified atom stereocenters. The van der Waals surface area contributed by atoms with Gasteiger partial charge in [-0.25, -0.2) is 0 Å². The van der Waals surface area contributed by atoms with Crippen LogP contribution in [0, 0.1) is 0 Å². The standard InChI is InChI=1S/C15H20O4/c1-18-15(17)9-5-8-13-12(16)10-14(19-13)11-6-3-2-4-7-11/h2-4,6-7,12-14,16H,5,8-10H2,1H3/t12-,13+,14-/m1/s1. The Kier molecular flexibility index (Phi) is 4.93. The van der Waals surface area contributed by atoms with E-state index in [2.05, 4.69) is 4.74 Å². The van der Waals surface area contributed by atoms with Crippen molar-refractivity contribution in [3.8, 4) is 0 Å². The van der Waals surface area contributed by atoms with E-state index >= 15 is 0 Å². The van der Waals surface area contributed by atoms with Crippen molar-refractivity contribution < 1.29 is 19.4 Å². The second-order valence-corrected chi connectivity index (χ2v) is 4.85. The van der Waals surface area contributed by atoms with Crippen molar-refractivity contribution in [3.05, 3.63) is 35.9 Å². The number of benzene rings is 1. The highest BCUT2D eigenvalue weighted by Gasteiger charge is 2.34. The Morgan fingerprint density at radius 2 is 2.16 bits per heavy atom. The Hall–Kier alpha value is -1.39. The van der Waals surface area contributed by atoms with E-state index in [1.807, 2.05) is 30.3 Å². The van der Waals surface area contributed by atoms with Crippen LogP contribution in [0.25, 0.3) is 0 Å². The molecule has 4 nitrogen and oxygen atoms in total. The monoisotopic (exact) mass is 264 g/mol.